The third-order valence-electron chi connectivity index (χ3n) is 3.63. The molecule has 2 aliphatic heterocycles. The summed E-state index contributed by atoms with van der Waals surface area (Å²) in [4.78, 5) is 0. The lowest BCUT2D eigenvalue weighted by atomic mass is 9.99. The highest BCUT2D eigenvalue weighted by atomic mass is 16.7. The van der Waals surface area contributed by atoms with Crippen molar-refractivity contribution in [2.45, 2.75) is 30.7 Å². The highest BCUT2D eigenvalue weighted by molar-refractivity contribution is 5.16. The molecule has 0 bridgehead atoms. The Labute approximate surface area is 112 Å². The molecule has 0 amide bonds. The van der Waals surface area contributed by atoms with Gasteiger partial charge in [-0.25, -0.2) is 0 Å². The zero-order valence-corrected chi connectivity index (χ0v) is 10.8. The minimum atomic E-state index is -0.695. The SMILES string of the molecule is CO[C@@H]1CO[C@H]2COC(c3ccccc3)O[C@@H]2[C@H]1O. The van der Waals surface area contributed by atoms with E-state index < -0.39 is 18.5 Å². The number of rotatable bonds is 2. The largest absolute Gasteiger partial charge is 0.387 e. The van der Waals surface area contributed by atoms with E-state index >= 15 is 0 Å². The molecule has 0 aromatic heterocycles. The minimum absolute atomic E-state index is 0.235. The zero-order valence-electron chi connectivity index (χ0n) is 10.8. The maximum atomic E-state index is 10.2. The maximum Gasteiger partial charge on any atom is 0.184 e. The van der Waals surface area contributed by atoms with Crippen LogP contribution in [0.3, 0.4) is 0 Å². The summed E-state index contributed by atoms with van der Waals surface area (Å²) in [7, 11) is 1.56. The van der Waals surface area contributed by atoms with Crippen LogP contribution in [0.4, 0.5) is 0 Å². The van der Waals surface area contributed by atoms with E-state index in [0.29, 0.717) is 13.2 Å². The average Bonchev–Trinajstić information content (AvgIpc) is 2.48. The van der Waals surface area contributed by atoms with E-state index in [1.165, 1.54) is 0 Å². The van der Waals surface area contributed by atoms with Gasteiger partial charge in [-0.2, -0.15) is 0 Å². The Morgan fingerprint density at radius 1 is 1.16 bits per heavy atom. The van der Waals surface area contributed by atoms with Gasteiger partial charge in [0.25, 0.3) is 0 Å². The van der Waals surface area contributed by atoms with Crippen molar-refractivity contribution in [2.75, 3.05) is 20.3 Å². The van der Waals surface area contributed by atoms with Crippen molar-refractivity contribution in [1.29, 1.82) is 0 Å². The van der Waals surface area contributed by atoms with Crippen LogP contribution in [-0.4, -0.2) is 49.8 Å². The van der Waals surface area contributed by atoms with E-state index in [-0.39, 0.29) is 12.2 Å². The number of hydrogen-bond acceptors (Lipinski definition) is 5. The van der Waals surface area contributed by atoms with Crippen LogP contribution in [0.1, 0.15) is 11.9 Å². The second-order valence-electron chi connectivity index (χ2n) is 4.81. The number of fused-ring (bicyclic) bond motifs is 1. The first kappa shape index (κ1) is 13.0. The number of methoxy groups -OCH3 is 1. The van der Waals surface area contributed by atoms with Gasteiger partial charge in [0.05, 0.1) is 13.2 Å². The second kappa shape index (κ2) is 5.56. The number of benzene rings is 1. The van der Waals surface area contributed by atoms with Crippen LogP contribution in [-0.2, 0) is 18.9 Å². The number of ether oxygens (including phenoxy) is 4. The molecule has 2 fully saturated rings. The normalized spacial score (nSPS) is 38.7. The molecule has 3 rings (SSSR count). The Balaban J connectivity index is 1.73. The highest BCUT2D eigenvalue weighted by Gasteiger charge is 2.45. The van der Waals surface area contributed by atoms with Gasteiger partial charge in [-0.1, -0.05) is 30.3 Å². The molecular formula is C14H18O5. The smallest absolute Gasteiger partial charge is 0.184 e. The fourth-order valence-electron chi connectivity index (χ4n) is 2.51. The van der Waals surface area contributed by atoms with Gasteiger partial charge in [-0.3, -0.25) is 0 Å². The summed E-state index contributed by atoms with van der Waals surface area (Å²) >= 11 is 0. The van der Waals surface area contributed by atoms with Gasteiger partial charge in [-0.05, 0) is 0 Å². The van der Waals surface area contributed by atoms with Crippen molar-refractivity contribution in [3.8, 4) is 0 Å². The summed E-state index contributed by atoms with van der Waals surface area (Å²) in [5.41, 5.74) is 0.938. The van der Waals surface area contributed by atoms with Crippen LogP contribution in [0, 0.1) is 0 Å². The van der Waals surface area contributed by atoms with Crippen molar-refractivity contribution in [1.82, 2.24) is 0 Å². The lowest BCUT2D eigenvalue weighted by Gasteiger charge is -2.44. The molecular weight excluding hydrogens is 248 g/mol. The van der Waals surface area contributed by atoms with E-state index in [2.05, 4.69) is 0 Å². The summed E-state index contributed by atoms with van der Waals surface area (Å²) in [5.74, 6) is 0. The zero-order chi connectivity index (χ0) is 13.2. The molecule has 104 valence electrons. The van der Waals surface area contributed by atoms with E-state index in [0.717, 1.165) is 5.56 Å². The molecule has 2 heterocycles. The predicted octanol–water partition coefficient (Wildman–Crippen LogP) is 0.875. The minimum Gasteiger partial charge on any atom is -0.387 e. The molecule has 19 heavy (non-hydrogen) atoms. The van der Waals surface area contributed by atoms with Crippen molar-refractivity contribution in [3.05, 3.63) is 35.9 Å². The molecule has 2 aliphatic rings. The third kappa shape index (κ3) is 2.52. The van der Waals surface area contributed by atoms with Crippen LogP contribution in [0.2, 0.25) is 0 Å². The molecule has 0 aliphatic carbocycles. The molecule has 2 saturated heterocycles. The van der Waals surface area contributed by atoms with Gasteiger partial charge >= 0.3 is 0 Å². The van der Waals surface area contributed by atoms with Crippen molar-refractivity contribution in [3.63, 3.8) is 0 Å². The van der Waals surface area contributed by atoms with Crippen LogP contribution in [0.15, 0.2) is 30.3 Å². The maximum absolute atomic E-state index is 10.2. The second-order valence-corrected chi connectivity index (χ2v) is 4.81. The first-order valence-electron chi connectivity index (χ1n) is 6.44. The quantitative estimate of drug-likeness (QED) is 0.861. The monoisotopic (exact) mass is 266 g/mol. The van der Waals surface area contributed by atoms with Gasteiger partial charge in [0, 0.05) is 12.7 Å². The predicted molar refractivity (Wildman–Crippen MR) is 66.6 cm³/mol. The fraction of sp³-hybridized carbons (Fsp3) is 0.571. The topological polar surface area (TPSA) is 57.2 Å². The van der Waals surface area contributed by atoms with E-state index in [9.17, 15) is 5.11 Å². The molecule has 1 unspecified atom stereocenters. The molecule has 1 N–H and O–H groups in total. The molecule has 0 saturated carbocycles. The lowest BCUT2D eigenvalue weighted by molar-refractivity contribution is -0.315. The Kier molecular flexibility index (Phi) is 3.81. The van der Waals surface area contributed by atoms with Crippen molar-refractivity contribution in [2.24, 2.45) is 0 Å². The first-order chi connectivity index (χ1) is 9.29. The summed E-state index contributed by atoms with van der Waals surface area (Å²) in [6.07, 6.45) is -2.16. The molecule has 5 atom stereocenters. The molecule has 5 heteroatoms. The van der Waals surface area contributed by atoms with Gasteiger partial charge in [0.2, 0.25) is 0 Å². The third-order valence-corrected chi connectivity index (χ3v) is 3.63. The van der Waals surface area contributed by atoms with Crippen LogP contribution in [0.25, 0.3) is 0 Å². The van der Waals surface area contributed by atoms with Crippen LogP contribution < -0.4 is 0 Å². The van der Waals surface area contributed by atoms with Crippen molar-refractivity contribution < 1.29 is 24.1 Å². The van der Waals surface area contributed by atoms with Crippen molar-refractivity contribution >= 4 is 0 Å². The molecule has 0 radical (unpaired) electrons. The Morgan fingerprint density at radius 2 is 1.95 bits per heavy atom. The standard InChI is InChI=1S/C14H18O5/c1-16-10-7-17-11-8-18-14(19-13(11)12(10)15)9-5-3-2-4-6-9/h2-6,10-15H,7-8H2,1H3/t10-,11+,12+,13+,14?/m1/s1. The molecule has 5 nitrogen and oxygen atoms in total. The van der Waals surface area contributed by atoms with Gasteiger partial charge < -0.3 is 24.1 Å². The van der Waals surface area contributed by atoms with E-state index in [1.807, 2.05) is 30.3 Å². The van der Waals surface area contributed by atoms with Crippen LogP contribution in [0.5, 0.6) is 0 Å². The lowest BCUT2D eigenvalue weighted by Crippen LogP contribution is -2.58. The van der Waals surface area contributed by atoms with Gasteiger partial charge in [-0.15, -0.1) is 0 Å². The molecule has 1 aromatic carbocycles. The first-order valence-corrected chi connectivity index (χ1v) is 6.44. The molecule has 0 spiro atoms. The highest BCUT2D eigenvalue weighted by Crippen LogP contribution is 2.32. The Bertz CT molecular complexity index is 410. The van der Waals surface area contributed by atoms with Gasteiger partial charge in [0.1, 0.15) is 24.4 Å². The summed E-state index contributed by atoms with van der Waals surface area (Å²) in [6, 6.07) is 9.68. The molecule has 1 aromatic rings. The fourth-order valence-corrected chi connectivity index (χ4v) is 2.51. The summed E-state index contributed by atoms with van der Waals surface area (Å²) < 4.78 is 22.3. The van der Waals surface area contributed by atoms with Gasteiger partial charge in [0.15, 0.2) is 6.29 Å². The Morgan fingerprint density at radius 3 is 2.68 bits per heavy atom. The van der Waals surface area contributed by atoms with E-state index in [1.54, 1.807) is 7.11 Å². The number of aliphatic hydroxyl groups is 1. The number of hydrogen-bond donors (Lipinski definition) is 1. The average molecular weight is 266 g/mol. The summed E-state index contributed by atoms with van der Waals surface area (Å²) in [6.45, 7) is 0.777. The Hall–Kier alpha value is -0.980. The summed E-state index contributed by atoms with van der Waals surface area (Å²) in [5, 5.41) is 10.2. The number of aliphatic hydroxyl groups excluding tert-OH is 1. The van der Waals surface area contributed by atoms with E-state index in [4.69, 9.17) is 18.9 Å². The van der Waals surface area contributed by atoms with Crippen LogP contribution >= 0.6 is 0 Å².